The van der Waals surface area contributed by atoms with Crippen LogP contribution in [0.15, 0.2) is 42.5 Å². The molecule has 7 heteroatoms. The van der Waals surface area contributed by atoms with E-state index in [1.165, 1.54) is 36.4 Å². The van der Waals surface area contributed by atoms with E-state index in [0.29, 0.717) is 0 Å². The summed E-state index contributed by atoms with van der Waals surface area (Å²) in [5.74, 6) is -1.21. The molecule has 0 atom stereocenters. The number of hydrogen-bond acceptors (Lipinski definition) is 2. The lowest BCUT2D eigenvalue weighted by molar-refractivity contribution is -0.274. The van der Waals surface area contributed by atoms with Gasteiger partial charge in [0.1, 0.15) is 5.75 Å². The number of halogens is 5. The molecule has 2 aromatic rings. The van der Waals surface area contributed by atoms with Crippen molar-refractivity contribution in [1.82, 2.24) is 0 Å². The minimum Gasteiger partial charge on any atom is -0.405 e. The van der Waals surface area contributed by atoms with Crippen LogP contribution in [0.2, 0.25) is 10.0 Å². The highest BCUT2D eigenvalue weighted by Crippen LogP contribution is 2.29. The molecular formula is C14H7Cl2F3O2. The zero-order chi connectivity index (χ0) is 15.6. The summed E-state index contributed by atoms with van der Waals surface area (Å²) < 4.78 is 40.8. The van der Waals surface area contributed by atoms with Crippen molar-refractivity contribution < 1.29 is 22.7 Å². The largest absolute Gasteiger partial charge is 0.573 e. The van der Waals surface area contributed by atoms with Gasteiger partial charge in [-0.3, -0.25) is 4.79 Å². The van der Waals surface area contributed by atoms with Gasteiger partial charge in [-0.1, -0.05) is 35.3 Å². The quantitative estimate of drug-likeness (QED) is 0.728. The van der Waals surface area contributed by atoms with Crippen molar-refractivity contribution in [3.63, 3.8) is 0 Å². The Labute approximate surface area is 128 Å². The monoisotopic (exact) mass is 334 g/mol. The molecule has 0 amide bonds. The molecule has 0 aliphatic carbocycles. The molecule has 0 aliphatic rings. The van der Waals surface area contributed by atoms with E-state index < -0.39 is 17.9 Å². The molecule has 0 spiro atoms. The first kappa shape index (κ1) is 15.7. The summed E-state index contributed by atoms with van der Waals surface area (Å²) in [5.41, 5.74) is -0.101. The number of ether oxygens (including phenoxy) is 1. The van der Waals surface area contributed by atoms with Gasteiger partial charge in [-0.25, -0.2) is 0 Å². The van der Waals surface area contributed by atoms with Crippen molar-refractivity contribution in [2.75, 3.05) is 0 Å². The number of hydrogen-bond donors (Lipinski definition) is 0. The highest BCUT2D eigenvalue weighted by atomic mass is 35.5. The number of carbonyl (C=O) groups is 1. The molecule has 0 N–H and O–H groups in total. The number of benzene rings is 2. The summed E-state index contributed by atoms with van der Waals surface area (Å²) in [6.07, 6.45) is -4.88. The molecule has 2 aromatic carbocycles. The predicted octanol–water partition coefficient (Wildman–Crippen LogP) is 5.12. The Morgan fingerprint density at radius 1 is 1.00 bits per heavy atom. The van der Waals surface area contributed by atoms with Crippen LogP contribution in [-0.4, -0.2) is 12.1 Å². The van der Waals surface area contributed by atoms with E-state index in [4.69, 9.17) is 23.2 Å². The summed E-state index contributed by atoms with van der Waals surface area (Å²) in [7, 11) is 0. The Bertz CT molecular complexity index is 684. The minimum absolute atomic E-state index is 0.114. The van der Waals surface area contributed by atoms with Crippen LogP contribution in [0.25, 0.3) is 0 Å². The highest BCUT2D eigenvalue weighted by Gasteiger charge is 2.33. The van der Waals surface area contributed by atoms with Crippen LogP contribution in [0, 0.1) is 0 Å². The molecule has 0 radical (unpaired) electrons. The lowest BCUT2D eigenvalue weighted by Gasteiger charge is -2.12. The van der Waals surface area contributed by atoms with Gasteiger partial charge < -0.3 is 4.74 Å². The van der Waals surface area contributed by atoms with E-state index in [1.807, 2.05) is 0 Å². The van der Waals surface area contributed by atoms with Crippen LogP contribution < -0.4 is 4.74 Å². The first-order valence-electron chi connectivity index (χ1n) is 5.62. The van der Waals surface area contributed by atoms with Gasteiger partial charge in [-0.05, 0) is 30.3 Å². The van der Waals surface area contributed by atoms with Crippen molar-refractivity contribution in [3.05, 3.63) is 63.6 Å². The summed E-state index contributed by atoms with van der Waals surface area (Å²) in [6, 6.07) is 9.15. The fourth-order valence-corrected chi connectivity index (χ4v) is 1.96. The maximum atomic E-state index is 12.3. The average molecular weight is 335 g/mol. The van der Waals surface area contributed by atoms with Crippen molar-refractivity contribution >= 4 is 29.0 Å². The molecule has 0 bridgehead atoms. The SMILES string of the molecule is O=C(c1ccc(Cl)c(Cl)c1)c1ccccc1OC(F)(F)F. The van der Waals surface area contributed by atoms with Gasteiger partial charge in [-0.2, -0.15) is 0 Å². The van der Waals surface area contributed by atoms with Crippen LogP contribution in [0.3, 0.4) is 0 Å². The van der Waals surface area contributed by atoms with E-state index >= 15 is 0 Å². The van der Waals surface area contributed by atoms with E-state index in [-0.39, 0.29) is 21.2 Å². The molecule has 110 valence electrons. The smallest absolute Gasteiger partial charge is 0.405 e. The van der Waals surface area contributed by atoms with Crippen LogP contribution in [0.5, 0.6) is 5.75 Å². The molecule has 2 rings (SSSR count). The highest BCUT2D eigenvalue weighted by molar-refractivity contribution is 6.42. The maximum absolute atomic E-state index is 12.3. The predicted molar refractivity (Wildman–Crippen MR) is 73.0 cm³/mol. The zero-order valence-corrected chi connectivity index (χ0v) is 11.8. The number of rotatable bonds is 3. The standard InChI is InChI=1S/C14H7Cl2F3O2/c15-10-6-5-8(7-11(10)16)13(20)9-3-1-2-4-12(9)21-14(17,18)19/h1-7H. The molecule has 0 fully saturated rings. The first-order valence-corrected chi connectivity index (χ1v) is 6.38. The van der Waals surface area contributed by atoms with Crippen molar-refractivity contribution in [1.29, 1.82) is 0 Å². The number of ketones is 1. The summed E-state index contributed by atoms with van der Waals surface area (Å²) in [5, 5.41) is 0.379. The maximum Gasteiger partial charge on any atom is 0.573 e. The van der Waals surface area contributed by atoms with Gasteiger partial charge in [0.25, 0.3) is 0 Å². The number of alkyl halides is 3. The van der Waals surface area contributed by atoms with Crippen molar-refractivity contribution in [2.45, 2.75) is 6.36 Å². The second kappa shape index (κ2) is 5.95. The normalized spacial score (nSPS) is 11.3. The third kappa shape index (κ3) is 3.89. The Hall–Kier alpha value is -1.72. The van der Waals surface area contributed by atoms with Crippen LogP contribution in [0.1, 0.15) is 15.9 Å². The van der Waals surface area contributed by atoms with Gasteiger partial charge in [0.05, 0.1) is 15.6 Å². The fourth-order valence-electron chi connectivity index (χ4n) is 1.66. The average Bonchev–Trinajstić information content (AvgIpc) is 2.40. The first-order chi connectivity index (χ1) is 9.78. The molecule has 0 saturated carbocycles. The molecule has 2 nitrogen and oxygen atoms in total. The Morgan fingerprint density at radius 3 is 2.29 bits per heavy atom. The van der Waals surface area contributed by atoms with E-state index in [1.54, 1.807) is 0 Å². The minimum atomic E-state index is -4.88. The van der Waals surface area contributed by atoms with Gasteiger partial charge in [0.2, 0.25) is 0 Å². The molecule has 0 unspecified atom stereocenters. The Balaban J connectivity index is 2.41. The van der Waals surface area contributed by atoms with E-state index in [2.05, 4.69) is 4.74 Å². The Morgan fingerprint density at radius 2 is 1.67 bits per heavy atom. The van der Waals surface area contributed by atoms with E-state index in [0.717, 1.165) is 6.07 Å². The van der Waals surface area contributed by atoms with Crippen molar-refractivity contribution in [3.8, 4) is 5.75 Å². The third-order valence-electron chi connectivity index (χ3n) is 2.54. The lowest BCUT2D eigenvalue weighted by atomic mass is 10.0. The molecule has 0 aliphatic heterocycles. The summed E-state index contributed by atoms with van der Waals surface area (Å²) in [4.78, 5) is 12.3. The molecular weight excluding hydrogens is 328 g/mol. The van der Waals surface area contributed by atoms with Crippen molar-refractivity contribution in [2.24, 2.45) is 0 Å². The second-order valence-electron chi connectivity index (χ2n) is 4.00. The van der Waals surface area contributed by atoms with Gasteiger partial charge in [0, 0.05) is 5.56 Å². The fraction of sp³-hybridized carbons (Fsp3) is 0.0714. The molecule has 0 heterocycles. The second-order valence-corrected chi connectivity index (χ2v) is 4.82. The molecule has 21 heavy (non-hydrogen) atoms. The molecule has 0 saturated heterocycles. The van der Waals surface area contributed by atoms with Crippen LogP contribution in [-0.2, 0) is 0 Å². The third-order valence-corrected chi connectivity index (χ3v) is 3.28. The summed E-state index contributed by atoms with van der Waals surface area (Å²) >= 11 is 11.5. The zero-order valence-electron chi connectivity index (χ0n) is 10.2. The van der Waals surface area contributed by atoms with Gasteiger partial charge in [0.15, 0.2) is 5.78 Å². The molecule has 0 aromatic heterocycles. The van der Waals surface area contributed by atoms with E-state index in [9.17, 15) is 18.0 Å². The summed E-state index contributed by atoms with van der Waals surface area (Å²) in [6.45, 7) is 0. The number of carbonyl (C=O) groups excluding carboxylic acids is 1. The Kier molecular flexibility index (Phi) is 4.44. The topological polar surface area (TPSA) is 26.3 Å². The van der Waals surface area contributed by atoms with Gasteiger partial charge in [-0.15, -0.1) is 13.2 Å². The van der Waals surface area contributed by atoms with Crippen LogP contribution >= 0.6 is 23.2 Å². The number of para-hydroxylation sites is 1. The lowest BCUT2D eigenvalue weighted by Crippen LogP contribution is -2.19. The van der Waals surface area contributed by atoms with Gasteiger partial charge >= 0.3 is 6.36 Å². The van der Waals surface area contributed by atoms with Crippen LogP contribution in [0.4, 0.5) is 13.2 Å².